The minimum Gasteiger partial charge on any atom is -0.375 e. The Morgan fingerprint density at radius 3 is 2.63 bits per heavy atom. The highest BCUT2D eigenvalue weighted by Crippen LogP contribution is 2.42. The van der Waals surface area contributed by atoms with Crippen molar-refractivity contribution in [2.75, 3.05) is 43.9 Å². The van der Waals surface area contributed by atoms with Crippen LogP contribution in [0.5, 0.6) is 0 Å². The van der Waals surface area contributed by atoms with Crippen LogP contribution in [0.4, 0.5) is 19.7 Å². The van der Waals surface area contributed by atoms with Crippen LogP contribution in [0, 0.1) is 11.6 Å². The van der Waals surface area contributed by atoms with Crippen molar-refractivity contribution in [3.05, 3.63) is 41.2 Å². The van der Waals surface area contributed by atoms with Crippen LogP contribution in [0.25, 0.3) is 32.2 Å². The molecule has 2 aromatic carbocycles. The van der Waals surface area contributed by atoms with Gasteiger partial charge in [0.2, 0.25) is 0 Å². The minimum absolute atomic E-state index is 0.127. The SMILES string of the molecule is CN1CCN(c2ncnc3c(F)c(-c4ccc(F)c5sc(N)nc45)c(Cl)cc23)CC1. The Balaban J connectivity index is 1.72. The van der Waals surface area contributed by atoms with E-state index in [0.717, 1.165) is 37.5 Å². The van der Waals surface area contributed by atoms with Crippen LogP contribution in [0.2, 0.25) is 5.02 Å². The third-order valence-electron chi connectivity index (χ3n) is 5.38. The van der Waals surface area contributed by atoms with Crippen molar-refractivity contribution in [2.45, 2.75) is 0 Å². The highest BCUT2D eigenvalue weighted by molar-refractivity contribution is 7.22. The number of nitrogen functional groups attached to an aromatic ring is 1. The molecule has 0 aliphatic carbocycles. The summed E-state index contributed by atoms with van der Waals surface area (Å²) < 4.78 is 30.2. The number of anilines is 2. The first-order valence-corrected chi connectivity index (χ1v) is 10.5. The maximum atomic E-state index is 15.7. The number of halogens is 3. The van der Waals surface area contributed by atoms with E-state index in [1.54, 1.807) is 6.07 Å². The van der Waals surface area contributed by atoms with E-state index in [4.69, 9.17) is 17.3 Å². The van der Waals surface area contributed by atoms with Gasteiger partial charge in [-0.1, -0.05) is 22.9 Å². The smallest absolute Gasteiger partial charge is 0.181 e. The van der Waals surface area contributed by atoms with Crippen molar-refractivity contribution in [1.82, 2.24) is 19.9 Å². The summed E-state index contributed by atoms with van der Waals surface area (Å²) in [5.74, 6) is -0.391. The second-order valence-electron chi connectivity index (χ2n) is 7.26. The molecule has 154 valence electrons. The number of nitrogens with two attached hydrogens (primary N) is 1. The number of piperazine rings is 1. The van der Waals surface area contributed by atoms with Gasteiger partial charge < -0.3 is 15.5 Å². The fraction of sp³-hybridized carbons (Fsp3) is 0.250. The van der Waals surface area contributed by atoms with Crippen LogP contribution >= 0.6 is 22.9 Å². The predicted molar refractivity (Wildman–Crippen MR) is 117 cm³/mol. The molecular weight excluding hydrogens is 430 g/mol. The molecule has 0 bridgehead atoms. The van der Waals surface area contributed by atoms with Crippen molar-refractivity contribution < 1.29 is 8.78 Å². The van der Waals surface area contributed by atoms with E-state index in [-0.39, 0.29) is 31.5 Å². The maximum absolute atomic E-state index is 15.7. The van der Waals surface area contributed by atoms with Crippen LogP contribution in [-0.2, 0) is 0 Å². The Morgan fingerprint density at radius 2 is 1.87 bits per heavy atom. The van der Waals surface area contributed by atoms with Gasteiger partial charge in [-0.15, -0.1) is 0 Å². The number of fused-ring (bicyclic) bond motifs is 2. The van der Waals surface area contributed by atoms with Crippen molar-refractivity contribution in [2.24, 2.45) is 0 Å². The van der Waals surface area contributed by atoms with E-state index >= 15 is 4.39 Å². The van der Waals surface area contributed by atoms with Gasteiger partial charge in [0.1, 0.15) is 23.5 Å². The van der Waals surface area contributed by atoms with Gasteiger partial charge in [0.25, 0.3) is 0 Å². The molecule has 1 aliphatic rings. The molecule has 1 fully saturated rings. The third-order valence-corrected chi connectivity index (χ3v) is 6.58. The topological polar surface area (TPSA) is 71.2 Å². The van der Waals surface area contributed by atoms with Gasteiger partial charge in [-0.3, -0.25) is 0 Å². The van der Waals surface area contributed by atoms with Crippen molar-refractivity contribution >= 4 is 55.0 Å². The molecule has 2 aromatic heterocycles. The molecule has 0 saturated carbocycles. The van der Waals surface area contributed by atoms with Crippen molar-refractivity contribution in [1.29, 1.82) is 0 Å². The molecule has 5 rings (SSSR count). The van der Waals surface area contributed by atoms with Gasteiger partial charge in [0.05, 0.1) is 15.2 Å². The fourth-order valence-corrected chi connectivity index (χ4v) is 4.89. The van der Waals surface area contributed by atoms with Crippen LogP contribution in [0.15, 0.2) is 24.5 Å². The molecule has 10 heteroatoms. The lowest BCUT2D eigenvalue weighted by Crippen LogP contribution is -2.44. The van der Waals surface area contributed by atoms with E-state index in [0.29, 0.717) is 16.8 Å². The first-order valence-electron chi connectivity index (χ1n) is 9.35. The summed E-state index contributed by atoms with van der Waals surface area (Å²) in [6.45, 7) is 3.33. The summed E-state index contributed by atoms with van der Waals surface area (Å²) in [5.41, 5.74) is 6.72. The van der Waals surface area contributed by atoms with Gasteiger partial charge in [0, 0.05) is 42.7 Å². The third kappa shape index (κ3) is 3.05. The predicted octanol–water partition coefficient (Wildman–Crippen LogP) is 4.17. The molecular formula is C20H17ClF2N6S. The Hall–Kier alpha value is -2.62. The Morgan fingerprint density at radius 1 is 1.10 bits per heavy atom. The average Bonchev–Trinajstić information content (AvgIpc) is 3.12. The van der Waals surface area contributed by atoms with E-state index in [2.05, 4.69) is 31.8 Å². The van der Waals surface area contributed by atoms with Gasteiger partial charge in [-0.25, -0.2) is 23.7 Å². The molecule has 30 heavy (non-hydrogen) atoms. The lowest BCUT2D eigenvalue weighted by molar-refractivity contribution is 0.312. The van der Waals surface area contributed by atoms with Crippen molar-refractivity contribution in [3.63, 3.8) is 0 Å². The van der Waals surface area contributed by atoms with Crippen molar-refractivity contribution in [3.8, 4) is 11.1 Å². The maximum Gasteiger partial charge on any atom is 0.181 e. The summed E-state index contributed by atoms with van der Waals surface area (Å²) in [6.07, 6.45) is 1.36. The molecule has 0 amide bonds. The fourth-order valence-electron chi connectivity index (χ4n) is 3.83. The summed E-state index contributed by atoms with van der Waals surface area (Å²) in [7, 11) is 2.06. The number of nitrogens with zero attached hydrogens (tertiary/aromatic N) is 5. The number of rotatable bonds is 2. The largest absolute Gasteiger partial charge is 0.375 e. The molecule has 0 unspecified atom stereocenters. The number of hydrogen-bond donors (Lipinski definition) is 1. The first-order chi connectivity index (χ1) is 14.4. The quantitative estimate of drug-likeness (QED) is 0.498. The molecule has 0 radical (unpaired) electrons. The number of thiazole rings is 1. The normalized spacial score (nSPS) is 15.4. The van der Waals surface area contributed by atoms with E-state index in [1.165, 1.54) is 18.5 Å². The second kappa shape index (κ2) is 7.26. The van der Waals surface area contributed by atoms with E-state index in [1.807, 2.05) is 0 Å². The zero-order chi connectivity index (χ0) is 21.0. The van der Waals surface area contributed by atoms with Gasteiger partial charge >= 0.3 is 0 Å². The van der Waals surface area contributed by atoms with E-state index < -0.39 is 11.6 Å². The number of benzene rings is 2. The van der Waals surface area contributed by atoms with Gasteiger partial charge in [-0.2, -0.15) is 0 Å². The Kier molecular flexibility index (Phi) is 4.68. The number of hydrogen-bond acceptors (Lipinski definition) is 7. The highest BCUT2D eigenvalue weighted by atomic mass is 35.5. The zero-order valence-electron chi connectivity index (χ0n) is 16.0. The Labute approximate surface area is 179 Å². The lowest BCUT2D eigenvalue weighted by Gasteiger charge is -2.33. The summed E-state index contributed by atoms with van der Waals surface area (Å²) >= 11 is 7.57. The second-order valence-corrected chi connectivity index (χ2v) is 8.69. The molecule has 2 N–H and O–H groups in total. The molecule has 0 atom stereocenters. The van der Waals surface area contributed by atoms with Crippen LogP contribution in [0.3, 0.4) is 0 Å². The molecule has 0 spiro atoms. The molecule has 3 heterocycles. The average molecular weight is 447 g/mol. The lowest BCUT2D eigenvalue weighted by atomic mass is 10.0. The van der Waals surface area contributed by atoms with Crippen LogP contribution in [0.1, 0.15) is 0 Å². The molecule has 1 saturated heterocycles. The summed E-state index contributed by atoms with van der Waals surface area (Å²) in [5, 5.41) is 0.933. The van der Waals surface area contributed by atoms with Crippen LogP contribution < -0.4 is 10.6 Å². The minimum atomic E-state index is -0.588. The molecule has 4 aromatic rings. The summed E-state index contributed by atoms with van der Waals surface area (Å²) in [4.78, 5) is 17.1. The molecule has 6 nitrogen and oxygen atoms in total. The van der Waals surface area contributed by atoms with Gasteiger partial charge in [0.15, 0.2) is 10.9 Å². The monoisotopic (exact) mass is 446 g/mol. The van der Waals surface area contributed by atoms with Gasteiger partial charge in [-0.05, 0) is 25.2 Å². The number of likely N-dealkylation sites (N-methyl/N-ethyl adjacent to an activating group) is 1. The summed E-state index contributed by atoms with van der Waals surface area (Å²) in [6, 6.07) is 4.41. The molecule has 1 aliphatic heterocycles. The highest BCUT2D eigenvalue weighted by Gasteiger charge is 2.24. The number of aromatic nitrogens is 3. The van der Waals surface area contributed by atoms with Crippen LogP contribution in [-0.4, -0.2) is 53.1 Å². The first kappa shape index (κ1) is 19.3. The van der Waals surface area contributed by atoms with E-state index in [9.17, 15) is 4.39 Å². The Bertz CT molecular complexity index is 1290. The standard InChI is InChI=1S/C20H17ClF2N6S/c1-28-4-6-29(7-5-28)19-11-8-12(21)14(15(23)16(11)25-9-26-19)10-2-3-13(22)18-17(10)27-20(24)30-18/h2-3,8-9H,4-7H2,1H3,(H2,24,27). The zero-order valence-corrected chi connectivity index (χ0v) is 17.6.